The van der Waals surface area contributed by atoms with Gasteiger partial charge in [-0.2, -0.15) is 5.10 Å². The average Bonchev–Trinajstić information content (AvgIpc) is 3.26. The predicted molar refractivity (Wildman–Crippen MR) is 101 cm³/mol. The molecule has 0 saturated carbocycles. The molecule has 1 unspecified atom stereocenters. The van der Waals surface area contributed by atoms with Gasteiger partial charge in [-0.05, 0) is 49.8 Å². The van der Waals surface area contributed by atoms with E-state index in [-0.39, 0.29) is 5.91 Å². The summed E-state index contributed by atoms with van der Waals surface area (Å²) in [5, 5.41) is 7.20. The highest BCUT2D eigenvalue weighted by Crippen LogP contribution is 2.22. The van der Waals surface area contributed by atoms with E-state index in [0.29, 0.717) is 18.8 Å². The van der Waals surface area contributed by atoms with Crippen molar-refractivity contribution in [2.45, 2.75) is 39.0 Å². The number of likely N-dealkylation sites (tertiary alicyclic amines) is 1. The molecule has 26 heavy (non-hydrogen) atoms. The molecule has 3 aromatic rings. The number of carbonyl (C=O) groups excluding carboxylic acids is 1. The minimum absolute atomic E-state index is 0.233. The zero-order valence-corrected chi connectivity index (χ0v) is 15.2. The van der Waals surface area contributed by atoms with Crippen LogP contribution in [-0.2, 0) is 17.6 Å². The molecule has 1 aromatic carbocycles. The molecule has 3 heterocycles. The van der Waals surface area contributed by atoms with Crippen molar-refractivity contribution in [2.75, 3.05) is 13.1 Å². The quantitative estimate of drug-likeness (QED) is 0.742. The van der Waals surface area contributed by atoms with Gasteiger partial charge < -0.3 is 9.88 Å². The number of aromatic amines is 2. The molecular weight excluding hydrogens is 326 g/mol. The molecule has 4 rings (SSSR count). The monoisotopic (exact) mass is 351 g/mol. The van der Waals surface area contributed by atoms with E-state index in [1.165, 1.54) is 17.7 Å². The number of nitrogens with one attached hydrogen (secondary N) is 2. The van der Waals surface area contributed by atoms with Crippen molar-refractivity contribution in [3.05, 3.63) is 47.5 Å². The minimum atomic E-state index is 0.233. The molecule has 6 heteroatoms. The molecule has 2 N–H and O–H groups in total. The van der Waals surface area contributed by atoms with Crippen molar-refractivity contribution in [3.63, 3.8) is 0 Å². The largest absolute Gasteiger partial charge is 0.342 e. The number of hydrogen-bond acceptors (Lipinski definition) is 3. The van der Waals surface area contributed by atoms with Crippen LogP contribution in [0.1, 0.15) is 36.3 Å². The van der Waals surface area contributed by atoms with E-state index in [4.69, 9.17) is 0 Å². The topological polar surface area (TPSA) is 77.7 Å². The van der Waals surface area contributed by atoms with E-state index >= 15 is 0 Å². The van der Waals surface area contributed by atoms with Gasteiger partial charge in [0.05, 0.1) is 17.2 Å². The Morgan fingerprint density at radius 1 is 1.35 bits per heavy atom. The molecule has 2 aromatic heterocycles. The Kier molecular flexibility index (Phi) is 4.73. The highest BCUT2D eigenvalue weighted by molar-refractivity contribution is 5.77. The summed E-state index contributed by atoms with van der Waals surface area (Å²) in [5.74, 6) is 1.63. The number of aromatic nitrogens is 4. The fourth-order valence-electron chi connectivity index (χ4n) is 3.83. The zero-order valence-electron chi connectivity index (χ0n) is 15.2. The van der Waals surface area contributed by atoms with Crippen molar-refractivity contribution < 1.29 is 4.79 Å². The number of H-pyrrole nitrogens is 2. The number of amides is 1. The van der Waals surface area contributed by atoms with E-state index < -0.39 is 0 Å². The summed E-state index contributed by atoms with van der Waals surface area (Å²) in [4.78, 5) is 22.6. The van der Waals surface area contributed by atoms with Crippen LogP contribution in [0.25, 0.3) is 11.0 Å². The smallest absolute Gasteiger partial charge is 0.223 e. The molecule has 1 atom stereocenters. The maximum Gasteiger partial charge on any atom is 0.223 e. The third-order valence-electron chi connectivity index (χ3n) is 5.31. The predicted octanol–water partition coefficient (Wildman–Crippen LogP) is 3.01. The Hall–Kier alpha value is -2.63. The van der Waals surface area contributed by atoms with Crippen LogP contribution in [-0.4, -0.2) is 44.1 Å². The van der Waals surface area contributed by atoms with Crippen LogP contribution < -0.4 is 0 Å². The van der Waals surface area contributed by atoms with E-state index in [9.17, 15) is 4.79 Å². The molecule has 0 aliphatic carbocycles. The Bertz CT molecular complexity index is 863. The van der Waals surface area contributed by atoms with Crippen LogP contribution in [0.5, 0.6) is 0 Å². The Balaban J connectivity index is 1.33. The van der Waals surface area contributed by atoms with Gasteiger partial charge in [0, 0.05) is 31.6 Å². The van der Waals surface area contributed by atoms with Gasteiger partial charge in [0.25, 0.3) is 0 Å². The fraction of sp³-hybridized carbons (Fsp3) is 0.450. The number of rotatable bonds is 5. The van der Waals surface area contributed by atoms with Gasteiger partial charge in [0.15, 0.2) is 0 Å². The molecule has 1 aliphatic rings. The normalized spacial score (nSPS) is 17.7. The van der Waals surface area contributed by atoms with Gasteiger partial charge in [-0.3, -0.25) is 9.89 Å². The van der Waals surface area contributed by atoms with Gasteiger partial charge >= 0.3 is 0 Å². The third kappa shape index (κ3) is 3.64. The highest BCUT2D eigenvalue weighted by Gasteiger charge is 2.24. The Morgan fingerprint density at radius 2 is 2.23 bits per heavy atom. The molecule has 1 aliphatic heterocycles. The van der Waals surface area contributed by atoms with Crippen LogP contribution in [0.4, 0.5) is 0 Å². The molecular formula is C20H25N5O. The van der Waals surface area contributed by atoms with Gasteiger partial charge in [-0.25, -0.2) is 4.98 Å². The summed E-state index contributed by atoms with van der Waals surface area (Å²) in [6.07, 6.45) is 6.26. The van der Waals surface area contributed by atoms with Gasteiger partial charge in [-0.15, -0.1) is 0 Å². The van der Waals surface area contributed by atoms with Crippen molar-refractivity contribution >= 4 is 16.9 Å². The lowest BCUT2D eigenvalue weighted by molar-refractivity contribution is -0.133. The summed E-state index contributed by atoms with van der Waals surface area (Å²) in [5.41, 5.74) is 4.40. The first-order valence-electron chi connectivity index (χ1n) is 9.39. The maximum atomic E-state index is 12.7. The van der Waals surface area contributed by atoms with E-state index in [1.54, 1.807) is 0 Å². The first-order chi connectivity index (χ1) is 12.7. The van der Waals surface area contributed by atoms with Gasteiger partial charge in [0.1, 0.15) is 5.82 Å². The van der Waals surface area contributed by atoms with Crippen LogP contribution in [0.15, 0.2) is 30.5 Å². The lowest BCUT2D eigenvalue weighted by atomic mass is 9.92. The van der Waals surface area contributed by atoms with Gasteiger partial charge in [-0.1, -0.05) is 12.1 Å². The average molecular weight is 351 g/mol. The fourth-order valence-corrected chi connectivity index (χ4v) is 3.83. The number of hydrogen-bond donors (Lipinski definition) is 2. The standard InChI is InChI=1S/C20H25N5O/c1-14-12-21-24-18(14)11-15-5-4-10-25(13-15)20(26)9-8-19-22-16-6-2-3-7-17(16)23-19/h2-3,6-7,12,15H,4-5,8-11,13H2,1H3,(H,21,24)(H,22,23). The summed E-state index contributed by atoms with van der Waals surface area (Å²) in [7, 11) is 0. The SMILES string of the molecule is Cc1cn[nH]c1CC1CCCN(C(=O)CCc2nc3ccccc3[nH]2)C1. The Morgan fingerprint density at radius 3 is 3.04 bits per heavy atom. The number of nitrogens with zero attached hydrogens (tertiary/aromatic N) is 3. The third-order valence-corrected chi connectivity index (χ3v) is 5.31. The molecule has 1 saturated heterocycles. The molecule has 136 valence electrons. The molecule has 0 spiro atoms. The number of piperidine rings is 1. The van der Waals surface area contributed by atoms with Crippen LogP contribution >= 0.6 is 0 Å². The second kappa shape index (κ2) is 7.32. The van der Waals surface area contributed by atoms with Gasteiger partial charge in [0.2, 0.25) is 5.91 Å². The highest BCUT2D eigenvalue weighted by atomic mass is 16.2. The van der Waals surface area contributed by atoms with E-state index in [0.717, 1.165) is 42.8 Å². The maximum absolute atomic E-state index is 12.7. The molecule has 6 nitrogen and oxygen atoms in total. The van der Waals surface area contributed by atoms with Crippen LogP contribution in [0.3, 0.4) is 0 Å². The van der Waals surface area contributed by atoms with E-state index in [2.05, 4.69) is 27.1 Å². The van der Waals surface area contributed by atoms with Crippen molar-refractivity contribution in [1.29, 1.82) is 0 Å². The number of para-hydroxylation sites is 2. The first-order valence-corrected chi connectivity index (χ1v) is 9.39. The summed E-state index contributed by atoms with van der Waals surface area (Å²) in [6.45, 7) is 3.80. The number of carbonyl (C=O) groups is 1. The second-order valence-electron chi connectivity index (χ2n) is 7.28. The number of imidazole rings is 1. The van der Waals surface area contributed by atoms with E-state index in [1.807, 2.05) is 35.4 Å². The van der Waals surface area contributed by atoms with Crippen molar-refractivity contribution in [3.8, 4) is 0 Å². The van der Waals surface area contributed by atoms with Crippen LogP contribution in [0.2, 0.25) is 0 Å². The summed E-state index contributed by atoms with van der Waals surface area (Å²) in [6, 6.07) is 7.97. The summed E-state index contributed by atoms with van der Waals surface area (Å²) < 4.78 is 0. The second-order valence-corrected chi connectivity index (χ2v) is 7.28. The minimum Gasteiger partial charge on any atom is -0.342 e. The number of aryl methyl sites for hydroxylation is 2. The molecule has 1 fully saturated rings. The number of fused-ring (bicyclic) bond motifs is 1. The van der Waals surface area contributed by atoms with Crippen molar-refractivity contribution in [1.82, 2.24) is 25.1 Å². The van der Waals surface area contributed by atoms with Crippen LogP contribution in [0, 0.1) is 12.8 Å². The molecule has 1 amide bonds. The summed E-state index contributed by atoms with van der Waals surface area (Å²) >= 11 is 0. The van der Waals surface area contributed by atoms with Crippen molar-refractivity contribution in [2.24, 2.45) is 5.92 Å². The zero-order chi connectivity index (χ0) is 17.9. The molecule has 0 radical (unpaired) electrons. The first kappa shape index (κ1) is 16.8. The Labute approximate surface area is 153 Å². The lowest BCUT2D eigenvalue weighted by Gasteiger charge is -2.32. The lowest BCUT2D eigenvalue weighted by Crippen LogP contribution is -2.40. The number of benzene rings is 1. The molecule has 0 bridgehead atoms.